The van der Waals surface area contributed by atoms with Crippen molar-refractivity contribution in [1.82, 2.24) is 29.8 Å². The number of ether oxygens (including phenoxy) is 1. The van der Waals surface area contributed by atoms with Crippen LogP contribution in [0.5, 0.6) is 0 Å². The molecule has 7 amide bonds. The molecule has 0 saturated carbocycles. The summed E-state index contributed by atoms with van der Waals surface area (Å²) in [6.07, 6.45) is 1.82. The lowest BCUT2D eigenvalue weighted by atomic mass is 9.82. The van der Waals surface area contributed by atoms with Crippen LogP contribution in [0.2, 0.25) is 0 Å². The van der Waals surface area contributed by atoms with Crippen molar-refractivity contribution in [3.05, 3.63) is 0 Å². The molecule has 0 aromatic rings. The summed E-state index contributed by atoms with van der Waals surface area (Å²) in [5.74, 6) is -3.32. The lowest BCUT2D eigenvalue weighted by molar-refractivity contribution is -0.163. The first-order valence-corrected chi connectivity index (χ1v) is 21.2. The van der Waals surface area contributed by atoms with Gasteiger partial charge in [-0.15, -0.1) is 0 Å². The molecule has 1 aliphatic rings. The number of primary amides is 1. The van der Waals surface area contributed by atoms with E-state index >= 15 is 0 Å². The van der Waals surface area contributed by atoms with Crippen molar-refractivity contribution < 1.29 is 38.3 Å². The van der Waals surface area contributed by atoms with E-state index in [-0.39, 0.29) is 41.9 Å². The number of nitrogens with one attached hydrogen (secondary N) is 1. The maximum Gasteiger partial charge on any atom is 0.249 e. The van der Waals surface area contributed by atoms with Crippen LogP contribution in [0.3, 0.4) is 0 Å². The number of rotatable bonds is 22. The summed E-state index contributed by atoms with van der Waals surface area (Å²) >= 11 is 0. The predicted molar refractivity (Wildman–Crippen MR) is 226 cm³/mol. The van der Waals surface area contributed by atoms with Gasteiger partial charge in [-0.25, -0.2) is 0 Å². The Bertz CT molecular complexity index is 1440. The third-order valence-corrected chi connectivity index (χ3v) is 12.0. The molecule has 15 nitrogen and oxygen atoms in total. The van der Waals surface area contributed by atoms with Gasteiger partial charge in [-0.2, -0.15) is 0 Å². The molecule has 1 rings (SSSR count). The summed E-state index contributed by atoms with van der Waals surface area (Å²) in [5.41, 5.74) is 4.00. The summed E-state index contributed by atoms with van der Waals surface area (Å²) in [4.78, 5) is 104. The Balaban J connectivity index is 3.55. The molecule has 0 spiro atoms. The van der Waals surface area contributed by atoms with E-state index in [1.807, 2.05) is 62.3 Å². The molecule has 8 atom stereocenters. The molecule has 58 heavy (non-hydrogen) atoms. The monoisotopic (exact) mass is 822 g/mol. The summed E-state index contributed by atoms with van der Waals surface area (Å²) < 4.78 is 6.18. The van der Waals surface area contributed by atoms with Gasteiger partial charge in [0.25, 0.3) is 0 Å². The van der Waals surface area contributed by atoms with E-state index in [1.54, 1.807) is 34.9 Å². The van der Waals surface area contributed by atoms with E-state index in [0.29, 0.717) is 44.6 Å². The first-order chi connectivity index (χ1) is 26.7. The van der Waals surface area contributed by atoms with Crippen LogP contribution >= 0.6 is 0 Å². The number of amides is 7. The Hall–Kier alpha value is -3.75. The Morgan fingerprint density at radius 3 is 1.69 bits per heavy atom. The highest BCUT2D eigenvalue weighted by molar-refractivity contribution is 5.98. The van der Waals surface area contributed by atoms with Crippen LogP contribution < -0.4 is 11.1 Å². The number of hydrogen-bond acceptors (Lipinski definition) is 8. The van der Waals surface area contributed by atoms with Gasteiger partial charge in [0, 0.05) is 48.3 Å². The molecular formula is C43H79N7O8. The second kappa shape index (κ2) is 22.6. The highest BCUT2D eigenvalue weighted by Crippen LogP contribution is 2.35. The molecule has 3 N–H and O–H groups in total. The topological polar surface area (TPSA) is 183 Å². The lowest BCUT2D eigenvalue weighted by Crippen LogP contribution is -2.69. The molecule has 334 valence electrons. The molecule has 0 aromatic heterocycles. The molecule has 1 saturated heterocycles. The van der Waals surface area contributed by atoms with Crippen molar-refractivity contribution in [3.63, 3.8) is 0 Å². The number of nitrogens with two attached hydrogens (primary N) is 1. The summed E-state index contributed by atoms with van der Waals surface area (Å²) in [6.45, 7) is 22.8. The van der Waals surface area contributed by atoms with Gasteiger partial charge in [-0.05, 0) is 75.5 Å². The number of nitrogens with zero attached hydrogens (tertiary/aromatic N) is 5. The summed E-state index contributed by atoms with van der Waals surface area (Å²) in [5, 5.41) is 2.89. The van der Waals surface area contributed by atoms with Crippen LogP contribution in [0.15, 0.2) is 0 Å². The SMILES string of the molecule is CCC(NC(=O)[C@](C)([C@H]1OCC[C@H]1C)N(C)C(=O)[C@H](C(C)C)N(C)C(=O)C(CC(C)C)N(C)C(=O)CCC(C)C)C(=O)N(C)[C@H](C)C(=O)N(C)C(CC(C)C)C(N)=O. The van der Waals surface area contributed by atoms with Crippen LogP contribution in [0.25, 0.3) is 0 Å². The van der Waals surface area contributed by atoms with E-state index in [4.69, 9.17) is 10.5 Å². The van der Waals surface area contributed by atoms with Gasteiger partial charge in [0.15, 0.2) is 0 Å². The van der Waals surface area contributed by atoms with Gasteiger partial charge in [0.1, 0.15) is 35.7 Å². The molecule has 1 heterocycles. The largest absolute Gasteiger partial charge is 0.375 e. The van der Waals surface area contributed by atoms with Crippen LogP contribution in [0.4, 0.5) is 0 Å². The standard InChI is InChI=1S/C43H79N7O8/c1-18-31(39(54)46(13)30(11)38(53)48(15)32(37(44)52)23-26(4)5)45-42(57)43(12,36-29(10)21-22-58-36)50(17)41(56)35(28(8)9)49(16)40(55)33(24-27(6)7)47(14)34(51)20-19-25(2)3/h25-33,35-36H,18-24H2,1-17H3,(H2,44,52)(H,45,57)/t29-,30-,31?,32?,33?,35+,36+,43+/m1/s1. The fourth-order valence-corrected chi connectivity index (χ4v) is 7.82. The average molecular weight is 822 g/mol. The van der Waals surface area contributed by atoms with Gasteiger partial charge in [0.05, 0.1) is 6.10 Å². The molecule has 1 fully saturated rings. The van der Waals surface area contributed by atoms with E-state index < -0.39 is 71.4 Å². The minimum Gasteiger partial charge on any atom is -0.375 e. The Labute approximate surface area is 349 Å². The summed E-state index contributed by atoms with van der Waals surface area (Å²) in [7, 11) is 7.69. The predicted octanol–water partition coefficient (Wildman–Crippen LogP) is 3.52. The fraction of sp³-hybridized carbons (Fsp3) is 0.837. The minimum atomic E-state index is -1.63. The van der Waals surface area contributed by atoms with Crippen LogP contribution in [-0.4, -0.2) is 150 Å². The second-order valence-corrected chi connectivity index (χ2v) is 18.4. The van der Waals surface area contributed by atoms with E-state index in [9.17, 15) is 33.6 Å². The van der Waals surface area contributed by atoms with Crippen molar-refractivity contribution in [2.75, 3.05) is 41.8 Å². The summed E-state index contributed by atoms with van der Waals surface area (Å²) in [6, 6.07) is -4.73. The van der Waals surface area contributed by atoms with Crippen molar-refractivity contribution in [2.24, 2.45) is 35.3 Å². The Morgan fingerprint density at radius 2 is 1.26 bits per heavy atom. The molecule has 0 bridgehead atoms. The average Bonchev–Trinajstić information content (AvgIpc) is 3.59. The highest BCUT2D eigenvalue weighted by atomic mass is 16.5. The Morgan fingerprint density at radius 1 is 0.724 bits per heavy atom. The zero-order chi connectivity index (χ0) is 45.1. The van der Waals surface area contributed by atoms with Crippen LogP contribution in [0, 0.1) is 29.6 Å². The van der Waals surface area contributed by atoms with Gasteiger partial charge in [0.2, 0.25) is 41.4 Å². The van der Waals surface area contributed by atoms with Gasteiger partial charge in [-0.1, -0.05) is 69.2 Å². The first kappa shape index (κ1) is 52.3. The van der Waals surface area contributed by atoms with E-state index in [2.05, 4.69) is 5.32 Å². The smallest absolute Gasteiger partial charge is 0.249 e. The quantitative estimate of drug-likeness (QED) is 0.166. The molecule has 3 unspecified atom stereocenters. The van der Waals surface area contributed by atoms with Crippen molar-refractivity contribution >= 4 is 41.4 Å². The third-order valence-electron chi connectivity index (χ3n) is 12.0. The van der Waals surface area contributed by atoms with Crippen molar-refractivity contribution in [1.29, 1.82) is 0 Å². The van der Waals surface area contributed by atoms with Gasteiger partial charge < -0.3 is 40.3 Å². The molecule has 0 aliphatic carbocycles. The zero-order valence-corrected chi connectivity index (χ0v) is 38.9. The molecule has 15 heteroatoms. The normalized spacial score (nSPS) is 19.2. The molecular weight excluding hydrogens is 743 g/mol. The van der Waals surface area contributed by atoms with E-state index in [0.717, 1.165) is 0 Å². The first-order valence-electron chi connectivity index (χ1n) is 21.2. The number of carbonyl (C=O) groups excluding carboxylic acids is 7. The second-order valence-electron chi connectivity index (χ2n) is 18.4. The molecule has 1 aliphatic heterocycles. The van der Waals surface area contributed by atoms with Crippen LogP contribution in [0.1, 0.15) is 122 Å². The third kappa shape index (κ3) is 12.9. The number of hydrogen-bond donors (Lipinski definition) is 2. The molecule has 0 radical (unpaired) electrons. The lowest BCUT2D eigenvalue weighted by Gasteiger charge is -2.46. The van der Waals surface area contributed by atoms with Gasteiger partial charge in [-0.3, -0.25) is 33.6 Å². The molecule has 0 aromatic carbocycles. The van der Waals surface area contributed by atoms with Gasteiger partial charge >= 0.3 is 0 Å². The number of carbonyl (C=O) groups is 7. The minimum absolute atomic E-state index is 0.0822. The maximum atomic E-state index is 14.8. The maximum absolute atomic E-state index is 14.8. The zero-order valence-electron chi connectivity index (χ0n) is 38.9. The van der Waals surface area contributed by atoms with E-state index in [1.165, 1.54) is 45.6 Å². The van der Waals surface area contributed by atoms with Crippen molar-refractivity contribution in [2.45, 2.75) is 163 Å². The number of likely N-dealkylation sites (N-methyl/N-ethyl adjacent to an activating group) is 5. The highest BCUT2D eigenvalue weighted by Gasteiger charge is 2.54. The fourth-order valence-electron chi connectivity index (χ4n) is 7.82. The Kier molecular flexibility index (Phi) is 20.3. The van der Waals surface area contributed by atoms with Crippen molar-refractivity contribution in [3.8, 4) is 0 Å². The van der Waals surface area contributed by atoms with Crippen LogP contribution in [-0.2, 0) is 38.3 Å².